The van der Waals surface area contributed by atoms with Crippen LogP contribution in [0.15, 0.2) is 60.2 Å². The molecule has 2 aromatic carbocycles. The normalized spacial score (nSPS) is 33.5. The second-order valence-electron chi connectivity index (χ2n) is 12.8. The number of phenols is 1. The number of allylic oxidation sites excluding steroid dienone is 2. The summed E-state index contributed by atoms with van der Waals surface area (Å²) in [5, 5.41) is 11.3. The molecule has 5 aliphatic rings. The molecule has 4 amide bonds. The number of rotatable bonds is 3. The van der Waals surface area contributed by atoms with Gasteiger partial charge in [-0.05, 0) is 63.1 Å². The van der Waals surface area contributed by atoms with E-state index in [0.29, 0.717) is 29.7 Å². The molecule has 7 heteroatoms. The highest BCUT2D eigenvalue weighted by Crippen LogP contribution is 2.64. The predicted octanol–water partition coefficient (Wildman–Crippen LogP) is 5.26. The number of nitrogens with zero attached hydrogens (tertiary/aromatic N) is 2. The number of phenolic OH excluding ortho intramolecular Hbond substituents is 1. The smallest absolute Gasteiger partial charge is 0.241 e. The van der Waals surface area contributed by atoms with Gasteiger partial charge < -0.3 is 5.11 Å². The van der Waals surface area contributed by atoms with E-state index in [1.54, 1.807) is 29.2 Å². The van der Waals surface area contributed by atoms with Crippen LogP contribution in [0.2, 0.25) is 0 Å². The Morgan fingerprint density at radius 3 is 2.32 bits per heavy atom. The molecule has 2 aromatic rings. The Hall–Kier alpha value is -3.74. The van der Waals surface area contributed by atoms with Crippen molar-refractivity contribution in [2.75, 3.05) is 4.90 Å². The van der Waals surface area contributed by atoms with Crippen LogP contribution in [0.5, 0.6) is 5.75 Å². The molecule has 2 saturated carbocycles. The topological polar surface area (TPSA) is 95.0 Å². The summed E-state index contributed by atoms with van der Waals surface area (Å²) in [5.74, 6) is -3.27. The Bertz CT molecular complexity index is 1490. The third-order valence-electron chi connectivity index (χ3n) is 10.8. The second-order valence-corrected chi connectivity index (χ2v) is 12.8. The third kappa shape index (κ3) is 3.57. The molecule has 7 nitrogen and oxygen atoms in total. The molecule has 0 radical (unpaired) electrons. The van der Waals surface area contributed by atoms with Gasteiger partial charge in [-0.15, -0.1) is 0 Å². The first-order chi connectivity index (χ1) is 19.7. The number of imide groups is 2. The number of fused-ring (bicyclic) bond motifs is 4. The van der Waals surface area contributed by atoms with Gasteiger partial charge in [0.15, 0.2) is 0 Å². The molecule has 6 unspecified atom stereocenters. The Balaban J connectivity index is 1.37. The Morgan fingerprint density at radius 2 is 1.59 bits per heavy atom. The highest BCUT2D eigenvalue weighted by molar-refractivity contribution is 6.24. The molecule has 0 aromatic heterocycles. The number of para-hydroxylation sites is 2. The number of hydrogen-bond acceptors (Lipinski definition) is 5. The monoisotopic (exact) mass is 552 g/mol. The SMILES string of the molecule is Cc1cccc(C2C3=CCC4C(=O)N(C5CCCCC5)C(=O)C4C3CC3C(=O)N(c4ccccc4)C(=O)C32C)c1O. The van der Waals surface area contributed by atoms with Crippen molar-refractivity contribution in [1.29, 1.82) is 0 Å². The summed E-state index contributed by atoms with van der Waals surface area (Å²) in [6.07, 6.45) is 7.68. The van der Waals surface area contributed by atoms with Crippen LogP contribution in [0.1, 0.15) is 68.9 Å². The van der Waals surface area contributed by atoms with Crippen molar-refractivity contribution in [1.82, 2.24) is 4.90 Å². The number of aromatic hydroxyl groups is 1. The zero-order valence-corrected chi connectivity index (χ0v) is 23.6. The molecule has 41 heavy (non-hydrogen) atoms. The van der Waals surface area contributed by atoms with E-state index < -0.39 is 29.1 Å². The highest BCUT2D eigenvalue weighted by atomic mass is 16.3. The first kappa shape index (κ1) is 26.2. The van der Waals surface area contributed by atoms with Crippen molar-refractivity contribution in [2.24, 2.45) is 29.1 Å². The van der Waals surface area contributed by atoms with Crippen LogP contribution >= 0.6 is 0 Å². The molecule has 7 rings (SSSR count). The molecule has 212 valence electrons. The van der Waals surface area contributed by atoms with Gasteiger partial charge in [0, 0.05) is 17.5 Å². The molecule has 0 bridgehead atoms. The lowest BCUT2D eigenvalue weighted by Crippen LogP contribution is -2.49. The van der Waals surface area contributed by atoms with Crippen LogP contribution in [0.3, 0.4) is 0 Å². The maximum absolute atomic E-state index is 14.4. The average molecular weight is 553 g/mol. The second kappa shape index (κ2) is 9.40. The third-order valence-corrected chi connectivity index (χ3v) is 10.8. The number of carbonyl (C=O) groups excluding carboxylic acids is 4. The average Bonchev–Trinajstić information content (AvgIpc) is 3.35. The van der Waals surface area contributed by atoms with Crippen molar-refractivity contribution in [3.8, 4) is 5.75 Å². The van der Waals surface area contributed by atoms with Gasteiger partial charge >= 0.3 is 0 Å². The predicted molar refractivity (Wildman–Crippen MR) is 153 cm³/mol. The van der Waals surface area contributed by atoms with Crippen LogP contribution in [0.4, 0.5) is 5.69 Å². The number of amides is 4. The first-order valence-electron chi connectivity index (χ1n) is 15.0. The number of likely N-dealkylation sites (tertiary alicyclic amines) is 1. The summed E-state index contributed by atoms with van der Waals surface area (Å²) in [5.41, 5.74) is 1.57. The fourth-order valence-electron chi connectivity index (χ4n) is 8.82. The first-order valence-corrected chi connectivity index (χ1v) is 15.0. The summed E-state index contributed by atoms with van der Waals surface area (Å²) >= 11 is 0. The van der Waals surface area contributed by atoms with Crippen molar-refractivity contribution >= 4 is 29.3 Å². The van der Waals surface area contributed by atoms with Gasteiger partial charge in [-0.3, -0.25) is 24.1 Å². The molecule has 2 saturated heterocycles. The van der Waals surface area contributed by atoms with Crippen LogP contribution in [0, 0.1) is 36.0 Å². The Labute approximate surface area is 240 Å². The molecule has 3 aliphatic carbocycles. The van der Waals surface area contributed by atoms with Crippen molar-refractivity contribution in [3.63, 3.8) is 0 Å². The van der Waals surface area contributed by atoms with E-state index in [-0.39, 0.29) is 41.3 Å². The van der Waals surface area contributed by atoms with Gasteiger partial charge in [-0.2, -0.15) is 0 Å². The molecule has 1 N–H and O–H groups in total. The quantitative estimate of drug-likeness (QED) is 0.414. The summed E-state index contributed by atoms with van der Waals surface area (Å²) in [4.78, 5) is 59.3. The zero-order chi connectivity index (χ0) is 28.6. The molecule has 6 atom stereocenters. The molecule has 4 fully saturated rings. The number of hydrogen-bond donors (Lipinski definition) is 1. The standard InChI is InChI=1S/C34H36N2O5/c1-19-10-9-15-24(29(19)37)28-22-16-17-23-27(32(40)35(30(23)38)20-11-5-3-6-12-20)25(22)18-26-31(39)36(33(41)34(26,28)2)21-13-7-4-8-14-21/h4,7-10,13-16,20,23,25-28,37H,3,5-6,11-12,17-18H2,1-2H3. The maximum atomic E-state index is 14.4. The van der Waals surface area contributed by atoms with Crippen molar-refractivity contribution < 1.29 is 24.3 Å². The van der Waals surface area contributed by atoms with Crippen LogP contribution in [-0.4, -0.2) is 39.7 Å². The van der Waals surface area contributed by atoms with E-state index in [1.807, 2.05) is 38.1 Å². The minimum Gasteiger partial charge on any atom is -0.507 e. The largest absolute Gasteiger partial charge is 0.507 e. The summed E-state index contributed by atoms with van der Waals surface area (Å²) in [6, 6.07) is 14.5. The molecule has 2 aliphatic heterocycles. The fourth-order valence-corrected chi connectivity index (χ4v) is 8.82. The Morgan fingerprint density at radius 1 is 0.854 bits per heavy atom. The van der Waals surface area contributed by atoms with E-state index in [4.69, 9.17) is 0 Å². The lowest BCUT2D eigenvalue weighted by atomic mass is 9.51. The lowest BCUT2D eigenvalue weighted by Gasteiger charge is -2.49. The number of benzene rings is 2. The minimum absolute atomic E-state index is 0.0495. The molecule has 2 heterocycles. The van der Waals surface area contributed by atoms with Gasteiger partial charge in [0.25, 0.3) is 0 Å². The van der Waals surface area contributed by atoms with Crippen molar-refractivity contribution in [3.05, 3.63) is 71.3 Å². The molecular formula is C34H36N2O5. The van der Waals surface area contributed by atoms with E-state index in [0.717, 1.165) is 37.7 Å². The zero-order valence-electron chi connectivity index (χ0n) is 23.6. The van der Waals surface area contributed by atoms with Gasteiger partial charge in [0.1, 0.15) is 5.75 Å². The minimum atomic E-state index is -1.15. The summed E-state index contributed by atoms with van der Waals surface area (Å²) < 4.78 is 0. The van der Waals surface area contributed by atoms with Gasteiger partial charge in [0.05, 0.1) is 28.9 Å². The van der Waals surface area contributed by atoms with Crippen LogP contribution in [-0.2, 0) is 19.2 Å². The molecular weight excluding hydrogens is 516 g/mol. The van der Waals surface area contributed by atoms with Crippen molar-refractivity contribution in [2.45, 2.75) is 70.8 Å². The van der Waals surface area contributed by atoms with Gasteiger partial charge in [0.2, 0.25) is 23.6 Å². The highest BCUT2D eigenvalue weighted by Gasteiger charge is 2.68. The maximum Gasteiger partial charge on any atom is 0.241 e. The summed E-state index contributed by atoms with van der Waals surface area (Å²) in [7, 11) is 0. The van der Waals surface area contributed by atoms with E-state index >= 15 is 0 Å². The van der Waals surface area contributed by atoms with E-state index in [2.05, 4.69) is 6.08 Å². The lowest BCUT2D eigenvalue weighted by molar-refractivity contribution is -0.144. The fraction of sp³-hybridized carbons (Fsp3) is 0.471. The van der Waals surface area contributed by atoms with Crippen LogP contribution in [0.25, 0.3) is 0 Å². The molecule has 0 spiro atoms. The van der Waals surface area contributed by atoms with Gasteiger partial charge in [-0.1, -0.05) is 67.3 Å². The number of anilines is 1. The van der Waals surface area contributed by atoms with E-state index in [1.165, 1.54) is 4.90 Å². The number of carbonyl (C=O) groups is 4. The van der Waals surface area contributed by atoms with Crippen LogP contribution < -0.4 is 4.90 Å². The Kier molecular flexibility index (Phi) is 6.00. The number of aryl methyl sites for hydroxylation is 1. The summed E-state index contributed by atoms with van der Waals surface area (Å²) in [6.45, 7) is 3.68. The van der Waals surface area contributed by atoms with E-state index in [9.17, 15) is 24.3 Å². The van der Waals surface area contributed by atoms with Gasteiger partial charge in [-0.25, -0.2) is 4.90 Å².